The van der Waals surface area contributed by atoms with E-state index in [4.69, 9.17) is 9.47 Å². The van der Waals surface area contributed by atoms with Crippen molar-refractivity contribution in [2.75, 3.05) is 32.9 Å². The molecule has 2 aliphatic heterocycles. The van der Waals surface area contributed by atoms with Crippen molar-refractivity contribution >= 4 is 54.6 Å². The van der Waals surface area contributed by atoms with Crippen LogP contribution in [0.3, 0.4) is 0 Å². The van der Waals surface area contributed by atoms with Gasteiger partial charge < -0.3 is 19.7 Å². The highest BCUT2D eigenvalue weighted by atomic mass is 32.2. The molecule has 14 heteroatoms. The largest absolute Gasteiger partial charge is 0.497 e. The molecule has 0 bridgehead atoms. The molecule has 8 rings (SSSR count). The number of ether oxygens (including phenoxy) is 2. The Hall–Kier alpha value is -6.64. The van der Waals surface area contributed by atoms with Gasteiger partial charge in [-0.2, -0.15) is 0 Å². The van der Waals surface area contributed by atoms with E-state index in [9.17, 15) is 26.4 Å². The number of benzene rings is 6. The van der Waals surface area contributed by atoms with Crippen LogP contribution in [0.15, 0.2) is 143 Å². The molecule has 0 saturated carbocycles. The number of aryl methyl sites for hydroxylation is 1. The zero-order valence-corrected chi connectivity index (χ0v) is 34.7. The van der Waals surface area contributed by atoms with Crippen molar-refractivity contribution in [3.63, 3.8) is 0 Å². The Labute approximate surface area is 349 Å². The number of hydrogen-bond donors (Lipinski definition) is 2. The molecule has 2 aliphatic rings. The van der Waals surface area contributed by atoms with E-state index in [1.807, 2.05) is 56.3 Å². The van der Waals surface area contributed by atoms with Crippen LogP contribution in [0.4, 0.5) is 22.7 Å². The molecular formula is C46H42N4O8S2. The average Bonchev–Trinajstić information content (AvgIpc) is 3.85. The molecule has 6 aromatic rings. The quantitative estimate of drug-likeness (QED) is 0.126. The van der Waals surface area contributed by atoms with Crippen LogP contribution in [0.2, 0.25) is 0 Å². The second kappa shape index (κ2) is 16.2. The average molecular weight is 843 g/mol. The summed E-state index contributed by atoms with van der Waals surface area (Å²) in [5.74, 6) is -0.142. The van der Waals surface area contributed by atoms with Gasteiger partial charge >= 0.3 is 0 Å². The van der Waals surface area contributed by atoms with Crippen LogP contribution >= 0.6 is 0 Å². The van der Waals surface area contributed by atoms with Gasteiger partial charge in [0.05, 0.1) is 28.2 Å². The van der Waals surface area contributed by atoms with Crippen LogP contribution in [0.5, 0.6) is 11.5 Å². The third-order valence-corrected chi connectivity index (χ3v) is 14.0. The molecule has 0 radical (unpaired) electrons. The van der Waals surface area contributed by atoms with E-state index in [-0.39, 0.29) is 51.8 Å². The Bertz CT molecular complexity index is 2860. The van der Waals surface area contributed by atoms with Crippen LogP contribution in [-0.4, -0.2) is 48.3 Å². The topological polar surface area (TPSA) is 151 Å². The second-order valence-electron chi connectivity index (χ2n) is 14.7. The zero-order valence-electron chi connectivity index (χ0n) is 33.1. The van der Waals surface area contributed by atoms with Gasteiger partial charge in [-0.15, -0.1) is 0 Å². The van der Waals surface area contributed by atoms with Crippen molar-refractivity contribution in [2.24, 2.45) is 0 Å². The van der Waals surface area contributed by atoms with Crippen LogP contribution in [0, 0.1) is 6.92 Å². The van der Waals surface area contributed by atoms with Crippen LogP contribution in [0.1, 0.15) is 49.9 Å². The van der Waals surface area contributed by atoms with Crippen molar-refractivity contribution in [1.29, 1.82) is 0 Å². The molecule has 12 nitrogen and oxygen atoms in total. The van der Waals surface area contributed by atoms with E-state index >= 15 is 0 Å². The lowest BCUT2D eigenvalue weighted by Gasteiger charge is -2.23. The fourth-order valence-electron chi connectivity index (χ4n) is 7.68. The molecule has 306 valence electrons. The number of hydrogen-bond acceptors (Lipinski definition) is 8. The Morgan fingerprint density at radius 2 is 1.52 bits per heavy atom. The number of para-hydroxylation sites is 2. The number of sulfonamides is 2. The Morgan fingerprint density at radius 1 is 0.783 bits per heavy atom. The molecule has 2 amide bonds. The van der Waals surface area contributed by atoms with Gasteiger partial charge in [0, 0.05) is 35.2 Å². The fourth-order valence-corrected chi connectivity index (χ4v) is 10.3. The number of nitrogens with zero attached hydrogens (tertiary/aromatic N) is 2. The van der Waals surface area contributed by atoms with Gasteiger partial charge in [-0.05, 0) is 128 Å². The Balaban J connectivity index is 1.06. The number of anilines is 4. The minimum absolute atomic E-state index is 0.0128. The van der Waals surface area contributed by atoms with E-state index in [2.05, 4.69) is 10.0 Å². The van der Waals surface area contributed by atoms with E-state index in [1.54, 1.807) is 59.5 Å². The summed E-state index contributed by atoms with van der Waals surface area (Å²) < 4.78 is 70.3. The molecule has 0 fully saturated rings. The van der Waals surface area contributed by atoms with E-state index in [0.29, 0.717) is 41.3 Å². The smallest absolute Gasteiger partial charge is 0.264 e. The standard InChI is InChI=1S/C46H42N4O8S2/c1-30-10-4-6-15-41(30)47-45(51)40-28-38(60(55,56)49-25-24-32-11-5-7-16-42(32)49)22-23-44(40)58-29-34-13-9-17-43-39(34)26-31(2)50(43)46(52)33-12-8-14-37(27-33)59(53,54)48-35-18-20-36(57-3)21-19-35/h4-23,27-28,31,48H,24-26,29H2,1-3H3,(H,47,51). The highest BCUT2D eigenvalue weighted by molar-refractivity contribution is 7.93. The molecule has 0 saturated heterocycles. The van der Waals surface area contributed by atoms with Gasteiger partial charge in [0.2, 0.25) is 0 Å². The van der Waals surface area contributed by atoms with Crippen LogP contribution < -0.4 is 28.7 Å². The maximum atomic E-state index is 14.2. The summed E-state index contributed by atoms with van der Waals surface area (Å²) >= 11 is 0. The zero-order chi connectivity index (χ0) is 42.2. The first kappa shape index (κ1) is 40.2. The highest BCUT2D eigenvalue weighted by Crippen LogP contribution is 2.38. The molecule has 2 heterocycles. The van der Waals surface area contributed by atoms with Gasteiger partial charge in [0.1, 0.15) is 18.1 Å². The third-order valence-electron chi connectivity index (χ3n) is 10.8. The van der Waals surface area contributed by atoms with Gasteiger partial charge in [-0.1, -0.05) is 54.6 Å². The number of rotatable bonds is 12. The number of carbonyl (C=O) groups is 2. The van der Waals surface area contributed by atoms with Crippen molar-refractivity contribution in [3.05, 3.63) is 167 Å². The SMILES string of the molecule is COc1ccc(NS(=O)(=O)c2cccc(C(=O)N3c4cccc(COc5ccc(S(=O)(=O)N6CCc7ccccc76)cc5C(=O)Nc5ccccc5C)c4CC3C)c2)cc1. The summed E-state index contributed by atoms with van der Waals surface area (Å²) in [6.45, 7) is 4.08. The Kier molecular flexibility index (Phi) is 10.8. The summed E-state index contributed by atoms with van der Waals surface area (Å²) in [6, 6.07) is 36.6. The Morgan fingerprint density at radius 3 is 2.30 bits per heavy atom. The summed E-state index contributed by atoms with van der Waals surface area (Å²) in [4.78, 5) is 29.7. The van der Waals surface area contributed by atoms with E-state index in [0.717, 1.165) is 22.3 Å². The number of methoxy groups -OCH3 is 1. The fraction of sp³-hybridized carbons (Fsp3) is 0.174. The van der Waals surface area contributed by atoms with Gasteiger partial charge in [0.25, 0.3) is 31.9 Å². The van der Waals surface area contributed by atoms with E-state index in [1.165, 1.54) is 47.8 Å². The maximum Gasteiger partial charge on any atom is 0.264 e. The molecule has 6 aromatic carbocycles. The minimum atomic E-state index is -4.03. The lowest BCUT2D eigenvalue weighted by molar-refractivity contribution is 0.0979. The number of carbonyl (C=O) groups excluding carboxylic acids is 2. The molecule has 1 atom stereocenters. The minimum Gasteiger partial charge on any atom is -0.497 e. The maximum absolute atomic E-state index is 14.2. The number of nitrogens with one attached hydrogen (secondary N) is 2. The number of amides is 2. The molecule has 0 aromatic heterocycles. The van der Waals surface area contributed by atoms with Crippen molar-refractivity contribution in [2.45, 2.75) is 49.1 Å². The molecule has 2 N–H and O–H groups in total. The lowest BCUT2D eigenvalue weighted by atomic mass is 10.0. The van der Waals surface area contributed by atoms with Gasteiger partial charge in [-0.3, -0.25) is 18.6 Å². The first-order valence-electron chi connectivity index (χ1n) is 19.3. The third kappa shape index (κ3) is 7.78. The van der Waals surface area contributed by atoms with Crippen LogP contribution in [0.25, 0.3) is 0 Å². The highest BCUT2D eigenvalue weighted by Gasteiger charge is 2.35. The van der Waals surface area contributed by atoms with Gasteiger partial charge in [0.15, 0.2) is 0 Å². The molecular weight excluding hydrogens is 801 g/mol. The molecule has 1 unspecified atom stereocenters. The summed E-state index contributed by atoms with van der Waals surface area (Å²) in [6.07, 6.45) is 1.07. The normalized spacial score (nSPS) is 14.6. The lowest BCUT2D eigenvalue weighted by Crippen LogP contribution is -2.35. The van der Waals surface area contributed by atoms with Crippen LogP contribution in [-0.2, 0) is 39.5 Å². The van der Waals surface area contributed by atoms with Gasteiger partial charge in [-0.25, -0.2) is 16.8 Å². The predicted molar refractivity (Wildman–Crippen MR) is 231 cm³/mol. The van der Waals surface area contributed by atoms with Crippen molar-refractivity contribution in [3.8, 4) is 11.5 Å². The molecule has 0 aliphatic carbocycles. The summed E-state index contributed by atoms with van der Waals surface area (Å²) in [5.41, 5.74) is 5.83. The van der Waals surface area contributed by atoms with E-state index < -0.39 is 26.0 Å². The summed E-state index contributed by atoms with van der Waals surface area (Å²) in [5, 5.41) is 2.92. The number of fused-ring (bicyclic) bond motifs is 2. The van der Waals surface area contributed by atoms with Crippen molar-refractivity contribution in [1.82, 2.24) is 0 Å². The first-order chi connectivity index (χ1) is 28.8. The molecule has 60 heavy (non-hydrogen) atoms. The van der Waals surface area contributed by atoms with Crippen molar-refractivity contribution < 1.29 is 35.9 Å². The predicted octanol–water partition coefficient (Wildman–Crippen LogP) is 7.98. The monoisotopic (exact) mass is 842 g/mol. The second-order valence-corrected chi connectivity index (χ2v) is 18.2. The first-order valence-corrected chi connectivity index (χ1v) is 22.2. The molecule has 0 spiro atoms. The summed E-state index contributed by atoms with van der Waals surface area (Å²) in [7, 11) is -6.54.